The highest BCUT2D eigenvalue weighted by molar-refractivity contribution is 5.87. The van der Waals surface area contributed by atoms with Gasteiger partial charge in [-0.3, -0.25) is 10.1 Å². The molecular formula is C18H10N2O4. The molecule has 6 nitrogen and oxygen atoms in total. The minimum atomic E-state index is -0.571. The molecule has 4 rings (SSSR count). The fourth-order valence-corrected chi connectivity index (χ4v) is 2.62. The largest absolute Gasteiger partial charge is 0.403 e. The summed E-state index contributed by atoms with van der Waals surface area (Å²) in [4.78, 5) is 26.8. The summed E-state index contributed by atoms with van der Waals surface area (Å²) in [6, 6.07) is 17.2. The second-order valence-electron chi connectivity index (χ2n) is 5.33. The standard InChI is InChI=1S/C18H10N2O4/c21-18-15-8-7-14(20(22)23)10-16(15)19-17(24-18)13-6-5-11-3-1-2-4-12(11)9-13/h1-10H. The van der Waals surface area contributed by atoms with Crippen molar-refractivity contribution in [2.45, 2.75) is 0 Å². The molecule has 0 saturated carbocycles. The molecule has 0 aliphatic heterocycles. The van der Waals surface area contributed by atoms with Crippen LogP contribution < -0.4 is 5.63 Å². The van der Waals surface area contributed by atoms with E-state index in [1.807, 2.05) is 36.4 Å². The maximum absolute atomic E-state index is 12.1. The van der Waals surface area contributed by atoms with E-state index in [0.717, 1.165) is 10.8 Å². The molecule has 0 saturated heterocycles. The molecule has 24 heavy (non-hydrogen) atoms. The third-order valence-electron chi connectivity index (χ3n) is 3.82. The van der Waals surface area contributed by atoms with Crippen LogP contribution in [0.5, 0.6) is 0 Å². The number of fused-ring (bicyclic) bond motifs is 2. The zero-order valence-corrected chi connectivity index (χ0v) is 12.3. The molecular weight excluding hydrogens is 308 g/mol. The summed E-state index contributed by atoms with van der Waals surface area (Å²) in [6.07, 6.45) is 0. The van der Waals surface area contributed by atoms with Gasteiger partial charge >= 0.3 is 5.63 Å². The van der Waals surface area contributed by atoms with Crippen LogP contribution in [0, 0.1) is 10.1 Å². The van der Waals surface area contributed by atoms with Gasteiger partial charge in [0.25, 0.3) is 5.69 Å². The minimum Gasteiger partial charge on any atom is -0.403 e. The molecule has 0 fully saturated rings. The molecule has 0 radical (unpaired) electrons. The molecule has 0 aliphatic carbocycles. The van der Waals surface area contributed by atoms with E-state index in [9.17, 15) is 14.9 Å². The molecule has 0 unspecified atom stereocenters. The number of nitro benzene ring substituents is 1. The predicted octanol–water partition coefficient (Wildman–Crippen LogP) is 3.92. The summed E-state index contributed by atoms with van der Waals surface area (Å²) in [5.41, 5.74) is 0.186. The van der Waals surface area contributed by atoms with Crippen molar-refractivity contribution in [3.8, 4) is 11.5 Å². The van der Waals surface area contributed by atoms with E-state index in [-0.39, 0.29) is 22.5 Å². The lowest BCUT2D eigenvalue weighted by Gasteiger charge is -2.03. The van der Waals surface area contributed by atoms with E-state index in [2.05, 4.69) is 4.98 Å². The molecule has 1 heterocycles. The van der Waals surface area contributed by atoms with E-state index in [4.69, 9.17) is 4.42 Å². The van der Waals surface area contributed by atoms with Gasteiger partial charge < -0.3 is 4.42 Å². The van der Waals surface area contributed by atoms with E-state index in [0.29, 0.717) is 5.56 Å². The van der Waals surface area contributed by atoms with Crippen molar-refractivity contribution in [1.82, 2.24) is 4.98 Å². The second kappa shape index (κ2) is 5.27. The van der Waals surface area contributed by atoms with Crippen molar-refractivity contribution >= 4 is 27.4 Å². The zero-order chi connectivity index (χ0) is 16.7. The lowest BCUT2D eigenvalue weighted by atomic mass is 10.1. The first-order valence-corrected chi connectivity index (χ1v) is 7.20. The Morgan fingerprint density at radius 2 is 1.75 bits per heavy atom. The number of nitro groups is 1. The summed E-state index contributed by atoms with van der Waals surface area (Å²) in [5, 5.41) is 13.2. The molecule has 0 amide bonds. The Labute approximate surface area is 135 Å². The quantitative estimate of drug-likeness (QED) is 0.413. The third-order valence-corrected chi connectivity index (χ3v) is 3.82. The summed E-state index contributed by atoms with van der Waals surface area (Å²) in [7, 11) is 0. The van der Waals surface area contributed by atoms with Gasteiger partial charge in [-0.05, 0) is 29.0 Å². The molecule has 0 atom stereocenters. The fraction of sp³-hybridized carbons (Fsp3) is 0. The predicted molar refractivity (Wildman–Crippen MR) is 89.9 cm³/mol. The molecule has 0 N–H and O–H groups in total. The first-order chi connectivity index (χ1) is 11.6. The first kappa shape index (κ1) is 14.1. The van der Waals surface area contributed by atoms with Crippen molar-refractivity contribution < 1.29 is 9.34 Å². The van der Waals surface area contributed by atoms with Crippen LogP contribution in [0.25, 0.3) is 33.1 Å². The maximum atomic E-state index is 12.1. The molecule has 4 aromatic rings. The molecule has 116 valence electrons. The third kappa shape index (κ3) is 2.30. The number of nitrogens with zero attached hydrogens (tertiary/aromatic N) is 2. The average Bonchev–Trinajstić information content (AvgIpc) is 2.60. The van der Waals surface area contributed by atoms with E-state index in [1.165, 1.54) is 18.2 Å². The Kier molecular flexibility index (Phi) is 3.09. The van der Waals surface area contributed by atoms with Gasteiger partial charge in [0.15, 0.2) is 0 Å². The van der Waals surface area contributed by atoms with Crippen LogP contribution in [-0.2, 0) is 0 Å². The van der Waals surface area contributed by atoms with Crippen LogP contribution in [0.4, 0.5) is 5.69 Å². The summed E-state index contributed by atoms with van der Waals surface area (Å²) in [5.74, 6) is 0.138. The number of aromatic nitrogens is 1. The van der Waals surface area contributed by atoms with Crippen LogP contribution in [0.3, 0.4) is 0 Å². The van der Waals surface area contributed by atoms with Crippen LogP contribution in [0.2, 0.25) is 0 Å². The Balaban J connectivity index is 1.94. The second-order valence-corrected chi connectivity index (χ2v) is 5.33. The van der Waals surface area contributed by atoms with Gasteiger partial charge in [0.05, 0.1) is 15.8 Å². The molecule has 1 aromatic heterocycles. The number of non-ortho nitro benzene ring substituents is 1. The van der Waals surface area contributed by atoms with Gasteiger partial charge in [-0.25, -0.2) is 9.78 Å². The highest BCUT2D eigenvalue weighted by atomic mass is 16.6. The van der Waals surface area contributed by atoms with Crippen LogP contribution >= 0.6 is 0 Å². The zero-order valence-electron chi connectivity index (χ0n) is 12.3. The summed E-state index contributed by atoms with van der Waals surface area (Å²) < 4.78 is 5.29. The summed E-state index contributed by atoms with van der Waals surface area (Å²) in [6.45, 7) is 0. The molecule has 0 spiro atoms. The van der Waals surface area contributed by atoms with E-state index >= 15 is 0 Å². The molecule has 6 heteroatoms. The monoisotopic (exact) mass is 318 g/mol. The van der Waals surface area contributed by atoms with Gasteiger partial charge in [0, 0.05) is 17.7 Å². The highest BCUT2D eigenvalue weighted by Crippen LogP contribution is 2.24. The SMILES string of the molecule is O=c1oc(-c2ccc3ccccc3c2)nc2cc([N+](=O)[O-])ccc12. The highest BCUT2D eigenvalue weighted by Gasteiger charge is 2.13. The lowest BCUT2D eigenvalue weighted by Crippen LogP contribution is -2.03. The van der Waals surface area contributed by atoms with Crippen LogP contribution in [0.15, 0.2) is 69.9 Å². The Hall–Kier alpha value is -3.54. The van der Waals surface area contributed by atoms with Gasteiger partial charge in [0.2, 0.25) is 5.89 Å². The number of rotatable bonds is 2. The summed E-state index contributed by atoms with van der Waals surface area (Å²) >= 11 is 0. The van der Waals surface area contributed by atoms with E-state index in [1.54, 1.807) is 6.07 Å². The van der Waals surface area contributed by atoms with Crippen molar-refractivity contribution in [2.75, 3.05) is 0 Å². The van der Waals surface area contributed by atoms with Gasteiger partial charge in [-0.15, -0.1) is 0 Å². The maximum Gasteiger partial charge on any atom is 0.347 e. The normalized spacial score (nSPS) is 11.0. The Bertz CT molecular complexity index is 1160. The van der Waals surface area contributed by atoms with Crippen molar-refractivity contribution in [3.05, 3.63) is 81.2 Å². The topological polar surface area (TPSA) is 86.2 Å². The van der Waals surface area contributed by atoms with Gasteiger partial charge in [0.1, 0.15) is 0 Å². The first-order valence-electron chi connectivity index (χ1n) is 7.20. The fourth-order valence-electron chi connectivity index (χ4n) is 2.62. The minimum absolute atomic E-state index is 0.120. The molecule has 0 aliphatic rings. The van der Waals surface area contributed by atoms with Crippen molar-refractivity contribution in [2.24, 2.45) is 0 Å². The Morgan fingerprint density at radius 1 is 0.958 bits per heavy atom. The Morgan fingerprint density at radius 3 is 2.54 bits per heavy atom. The number of benzene rings is 3. The number of hydrogen-bond donors (Lipinski definition) is 0. The van der Waals surface area contributed by atoms with Crippen molar-refractivity contribution in [3.63, 3.8) is 0 Å². The van der Waals surface area contributed by atoms with Crippen molar-refractivity contribution in [1.29, 1.82) is 0 Å². The molecule has 0 bridgehead atoms. The molecule has 3 aromatic carbocycles. The van der Waals surface area contributed by atoms with Crippen LogP contribution in [-0.4, -0.2) is 9.91 Å². The van der Waals surface area contributed by atoms with Gasteiger partial charge in [-0.1, -0.05) is 30.3 Å². The van der Waals surface area contributed by atoms with Crippen LogP contribution in [0.1, 0.15) is 0 Å². The van der Waals surface area contributed by atoms with Gasteiger partial charge in [-0.2, -0.15) is 0 Å². The average molecular weight is 318 g/mol. The smallest absolute Gasteiger partial charge is 0.347 e. The van der Waals surface area contributed by atoms with E-state index < -0.39 is 10.5 Å². The number of hydrogen-bond acceptors (Lipinski definition) is 5. The lowest BCUT2D eigenvalue weighted by molar-refractivity contribution is -0.384.